The molecular weight excluding hydrogens is 281 g/mol. The first kappa shape index (κ1) is 15.3. The first-order valence-electron chi connectivity index (χ1n) is 6.63. The van der Waals surface area contributed by atoms with Crippen LogP contribution in [0.3, 0.4) is 0 Å². The largest absolute Gasteiger partial charge is 0.477 e. The van der Waals surface area contributed by atoms with E-state index < -0.39 is 11.7 Å². The fraction of sp³-hybridized carbons (Fsp3) is 0.333. The first-order chi connectivity index (χ1) is 10.0. The topological polar surface area (TPSA) is 35.0 Å². The molecule has 0 amide bonds. The lowest BCUT2D eigenvalue weighted by atomic mass is 10.1. The van der Waals surface area contributed by atoms with Gasteiger partial charge in [0.25, 0.3) is 0 Å². The second kappa shape index (κ2) is 6.56. The molecule has 0 saturated carbocycles. The van der Waals surface area contributed by atoms with Crippen LogP contribution in [0.15, 0.2) is 36.7 Å². The van der Waals surface area contributed by atoms with Crippen molar-refractivity contribution in [2.24, 2.45) is 0 Å². The third-order valence-corrected chi connectivity index (χ3v) is 2.88. The summed E-state index contributed by atoms with van der Waals surface area (Å²) in [5, 5.41) is 0. The van der Waals surface area contributed by atoms with Crippen LogP contribution >= 0.6 is 0 Å². The molecule has 3 nitrogen and oxygen atoms in total. The highest BCUT2D eigenvalue weighted by molar-refractivity contribution is 5.58. The molecule has 0 aliphatic carbocycles. The quantitative estimate of drug-likeness (QED) is 0.770. The summed E-state index contributed by atoms with van der Waals surface area (Å²) in [6.45, 7) is 2.63. The number of benzene rings is 1. The molecule has 2 aromatic rings. The van der Waals surface area contributed by atoms with E-state index in [0.29, 0.717) is 23.7 Å². The van der Waals surface area contributed by atoms with Crippen LogP contribution in [0.2, 0.25) is 0 Å². The summed E-state index contributed by atoms with van der Waals surface area (Å²) in [5.41, 5.74) is 0.404. The van der Waals surface area contributed by atoms with E-state index >= 15 is 0 Å². The van der Waals surface area contributed by atoms with Gasteiger partial charge in [-0.1, -0.05) is 25.5 Å². The molecule has 1 heterocycles. The molecule has 1 aromatic carbocycles. The molecule has 6 heteroatoms. The maximum absolute atomic E-state index is 12.5. The lowest BCUT2D eigenvalue weighted by Gasteiger charge is -2.08. The molecule has 0 aliphatic rings. The molecule has 2 rings (SSSR count). The van der Waals surface area contributed by atoms with E-state index in [1.165, 1.54) is 24.5 Å². The third-order valence-electron chi connectivity index (χ3n) is 2.88. The Morgan fingerprint density at radius 2 is 1.76 bits per heavy atom. The van der Waals surface area contributed by atoms with Gasteiger partial charge < -0.3 is 4.74 Å². The van der Waals surface area contributed by atoms with Crippen molar-refractivity contribution in [2.45, 2.75) is 25.9 Å². The fourth-order valence-corrected chi connectivity index (χ4v) is 1.69. The Morgan fingerprint density at radius 1 is 1.05 bits per heavy atom. The lowest BCUT2D eigenvalue weighted by molar-refractivity contribution is -0.137. The van der Waals surface area contributed by atoms with Crippen molar-refractivity contribution in [1.29, 1.82) is 0 Å². The van der Waals surface area contributed by atoms with E-state index in [-0.39, 0.29) is 0 Å². The molecule has 0 fully saturated rings. The van der Waals surface area contributed by atoms with Crippen molar-refractivity contribution in [3.05, 3.63) is 42.2 Å². The van der Waals surface area contributed by atoms with Crippen molar-refractivity contribution in [1.82, 2.24) is 9.97 Å². The SMILES string of the molecule is CCCCOc1cnc(-c2ccc(C(F)(F)F)cc2)cn1. The van der Waals surface area contributed by atoms with Gasteiger partial charge in [-0.25, -0.2) is 9.97 Å². The van der Waals surface area contributed by atoms with Crippen LogP contribution in [0, 0.1) is 0 Å². The summed E-state index contributed by atoms with van der Waals surface area (Å²) in [4.78, 5) is 8.24. The number of aromatic nitrogens is 2. The molecule has 0 radical (unpaired) electrons. The van der Waals surface area contributed by atoms with Gasteiger partial charge in [0.05, 0.1) is 30.3 Å². The van der Waals surface area contributed by atoms with Gasteiger partial charge in [-0.15, -0.1) is 0 Å². The highest BCUT2D eigenvalue weighted by Gasteiger charge is 2.29. The molecule has 0 N–H and O–H groups in total. The maximum atomic E-state index is 12.5. The van der Waals surface area contributed by atoms with Crippen molar-refractivity contribution in [3.63, 3.8) is 0 Å². The van der Waals surface area contributed by atoms with E-state index in [1.807, 2.05) is 0 Å². The normalized spacial score (nSPS) is 11.4. The van der Waals surface area contributed by atoms with Gasteiger partial charge in [0.2, 0.25) is 5.88 Å². The highest BCUT2D eigenvalue weighted by Crippen LogP contribution is 2.30. The number of ether oxygens (including phenoxy) is 1. The predicted octanol–water partition coefficient (Wildman–Crippen LogP) is 4.34. The second-order valence-corrected chi connectivity index (χ2v) is 4.52. The van der Waals surface area contributed by atoms with Gasteiger partial charge in [-0.3, -0.25) is 0 Å². The Kier molecular flexibility index (Phi) is 4.77. The molecule has 112 valence electrons. The number of hydrogen-bond donors (Lipinski definition) is 0. The molecular formula is C15H15F3N2O. The van der Waals surface area contributed by atoms with Crippen LogP contribution in [-0.4, -0.2) is 16.6 Å². The Labute approximate surface area is 120 Å². The minimum atomic E-state index is -4.33. The Hall–Kier alpha value is -2.11. The first-order valence-corrected chi connectivity index (χ1v) is 6.63. The van der Waals surface area contributed by atoms with E-state index in [1.54, 1.807) is 0 Å². The molecule has 0 bridgehead atoms. The fourth-order valence-electron chi connectivity index (χ4n) is 1.69. The summed E-state index contributed by atoms with van der Waals surface area (Å²) in [5.74, 6) is 0.416. The molecule has 0 unspecified atom stereocenters. The summed E-state index contributed by atoms with van der Waals surface area (Å²) >= 11 is 0. The zero-order valence-electron chi connectivity index (χ0n) is 11.5. The van der Waals surface area contributed by atoms with Gasteiger partial charge in [-0.05, 0) is 18.6 Å². The number of unbranched alkanes of at least 4 members (excludes halogenated alkanes) is 1. The predicted molar refractivity (Wildman–Crippen MR) is 72.9 cm³/mol. The molecule has 1 aromatic heterocycles. The van der Waals surface area contributed by atoms with Gasteiger partial charge in [0.15, 0.2) is 0 Å². The van der Waals surface area contributed by atoms with Crippen LogP contribution in [0.4, 0.5) is 13.2 Å². The number of rotatable bonds is 5. The molecule has 0 spiro atoms. The second-order valence-electron chi connectivity index (χ2n) is 4.52. The van der Waals surface area contributed by atoms with Crippen LogP contribution in [0.1, 0.15) is 25.3 Å². The Balaban J connectivity index is 2.08. The molecule has 21 heavy (non-hydrogen) atoms. The van der Waals surface area contributed by atoms with Crippen LogP contribution in [0.25, 0.3) is 11.3 Å². The molecule has 0 saturated heterocycles. The summed E-state index contributed by atoms with van der Waals surface area (Å²) in [6.07, 6.45) is 0.590. The Morgan fingerprint density at radius 3 is 2.29 bits per heavy atom. The van der Waals surface area contributed by atoms with E-state index in [2.05, 4.69) is 16.9 Å². The number of alkyl halides is 3. The van der Waals surface area contributed by atoms with Crippen LogP contribution < -0.4 is 4.74 Å². The van der Waals surface area contributed by atoms with Gasteiger partial charge in [-0.2, -0.15) is 13.2 Å². The van der Waals surface area contributed by atoms with Crippen LogP contribution in [0.5, 0.6) is 5.88 Å². The standard InChI is InChI=1S/C15H15F3N2O/c1-2-3-8-21-14-10-19-13(9-20-14)11-4-6-12(7-5-11)15(16,17)18/h4-7,9-10H,2-3,8H2,1H3. The molecule has 0 atom stereocenters. The average Bonchev–Trinajstić information content (AvgIpc) is 2.48. The number of halogens is 3. The summed E-state index contributed by atoms with van der Waals surface area (Å²) in [7, 11) is 0. The Bertz CT molecular complexity index is 565. The van der Waals surface area contributed by atoms with E-state index in [9.17, 15) is 13.2 Å². The monoisotopic (exact) mass is 296 g/mol. The zero-order chi connectivity index (χ0) is 15.3. The highest BCUT2D eigenvalue weighted by atomic mass is 19.4. The number of nitrogens with zero attached hydrogens (tertiary/aromatic N) is 2. The zero-order valence-corrected chi connectivity index (χ0v) is 11.5. The summed E-state index contributed by atoms with van der Waals surface area (Å²) in [6, 6.07) is 4.82. The molecule has 0 aliphatic heterocycles. The van der Waals surface area contributed by atoms with E-state index in [0.717, 1.165) is 25.0 Å². The van der Waals surface area contributed by atoms with Crippen molar-refractivity contribution >= 4 is 0 Å². The average molecular weight is 296 g/mol. The van der Waals surface area contributed by atoms with Crippen LogP contribution in [-0.2, 0) is 6.18 Å². The smallest absolute Gasteiger partial charge is 0.416 e. The minimum absolute atomic E-state index is 0.416. The van der Waals surface area contributed by atoms with E-state index in [4.69, 9.17) is 4.74 Å². The lowest BCUT2D eigenvalue weighted by Crippen LogP contribution is -2.04. The summed E-state index contributed by atoms with van der Waals surface area (Å²) < 4.78 is 42.8. The van der Waals surface area contributed by atoms with Gasteiger partial charge >= 0.3 is 6.18 Å². The van der Waals surface area contributed by atoms with Crippen molar-refractivity contribution < 1.29 is 17.9 Å². The third kappa shape index (κ3) is 4.18. The van der Waals surface area contributed by atoms with Gasteiger partial charge in [0.1, 0.15) is 0 Å². The van der Waals surface area contributed by atoms with Crippen molar-refractivity contribution in [2.75, 3.05) is 6.61 Å². The maximum Gasteiger partial charge on any atom is 0.416 e. The van der Waals surface area contributed by atoms with Gasteiger partial charge in [0, 0.05) is 5.56 Å². The number of hydrogen-bond acceptors (Lipinski definition) is 3. The minimum Gasteiger partial charge on any atom is -0.477 e. The van der Waals surface area contributed by atoms with Crippen molar-refractivity contribution in [3.8, 4) is 17.1 Å².